The Balaban J connectivity index is 3.38. The third kappa shape index (κ3) is 3.49. The maximum Gasteiger partial charge on any atom is 0.406 e. The zero-order chi connectivity index (χ0) is 6.57. The van der Waals surface area contributed by atoms with Crippen molar-refractivity contribution in [3.05, 3.63) is 12.7 Å². The zero-order valence-electron chi connectivity index (χ0n) is 4.13. The molecule has 0 heterocycles. The van der Waals surface area contributed by atoms with Gasteiger partial charge in [0.15, 0.2) is 5.56 Å². The van der Waals surface area contributed by atoms with E-state index < -0.39 is 11.7 Å². The molecule has 0 radical (unpaired) electrons. The number of amides is 1. The Morgan fingerprint density at radius 2 is 2.50 bits per heavy atom. The molecule has 0 aliphatic rings. The summed E-state index contributed by atoms with van der Waals surface area (Å²) in [5.74, 6) is 0. The molecule has 1 atom stereocenters. The first-order chi connectivity index (χ1) is 3.66. The summed E-state index contributed by atoms with van der Waals surface area (Å²) >= 11 is 5.22. The van der Waals surface area contributed by atoms with Crippen molar-refractivity contribution in [2.24, 2.45) is 5.73 Å². The van der Waals surface area contributed by atoms with E-state index in [1.807, 2.05) is 0 Å². The van der Waals surface area contributed by atoms with E-state index in [0.717, 1.165) is 0 Å². The van der Waals surface area contributed by atoms with Crippen molar-refractivity contribution in [3.8, 4) is 0 Å². The molecular formula is C4H6ClNO2. The largest absolute Gasteiger partial charge is 0.426 e. The van der Waals surface area contributed by atoms with E-state index in [2.05, 4.69) is 17.0 Å². The van der Waals surface area contributed by atoms with Gasteiger partial charge in [-0.25, -0.2) is 4.79 Å². The standard InChI is InChI=1S/C4H6ClNO2/c1-2-3(5)8-4(6)7/h2-3H,1H2,(H2,6,7). The smallest absolute Gasteiger partial charge is 0.406 e. The second kappa shape index (κ2) is 3.32. The molecule has 3 nitrogen and oxygen atoms in total. The molecule has 0 aromatic heterocycles. The highest BCUT2D eigenvalue weighted by atomic mass is 35.5. The van der Waals surface area contributed by atoms with Crippen molar-refractivity contribution in [1.29, 1.82) is 0 Å². The summed E-state index contributed by atoms with van der Waals surface area (Å²) in [6.07, 6.45) is 0.358. The van der Waals surface area contributed by atoms with Crippen LogP contribution < -0.4 is 5.73 Å². The van der Waals surface area contributed by atoms with Crippen LogP contribution in [0.4, 0.5) is 4.79 Å². The number of carbonyl (C=O) groups is 1. The lowest BCUT2D eigenvalue weighted by atomic mass is 10.7. The number of ether oxygens (including phenoxy) is 1. The van der Waals surface area contributed by atoms with Crippen molar-refractivity contribution < 1.29 is 9.53 Å². The summed E-state index contributed by atoms with van der Waals surface area (Å²) in [5, 5.41) is 0. The van der Waals surface area contributed by atoms with Crippen LogP contribution >= 0.6 is 11.6 Å². The van der Waals surface area contributed by atoms with E-state index in [1.54, 1.807) is 0 Å². The van der Waals surface area contributed by atoms with Crippen LogP contribution in [0, 0.1) is 0 Å². The van der Waals surface area contributed by atoms with Gasteiger partial charge in [0.1, 0.15) is 0 Å². The normalized spacial score (nSPS) is 12.1. The highest BCUT2D eigenvalue weighted by Crippen LogP contribution is 1.96. The maximum absolute atomic E-state index is 9.84. The van der Waals surface area contributed by atoms with Crippen molar-refractivity contribution in [2.45, 2.75) is 5.56 Å². The van der Waals surface area contributed by atoms with Gasteiger partial charge in [-0.2, -0.15) is 0 Å². The minimum atomic E-state index is -0.898. The Bertz CT molecular complexity index is 104. The van der Waals surface area contributed by atoms with E-state index in [1.165, 1.54) is 6.08 Å². The maximum atomic E-state index is 9.84. The van der Waals surface area contributed by atoms with Crippen LogP contribution in [0.2, 0.25) is 0 Å². The SMILES string of the molecule is C=CC(Cl)OC(N)=O. The van der Waals surface area contributed by atoms with Gasteiger partial charge in [-0.05, 0) is 6.08 Å². The van der Waals surface area contributed by atoms with Crippen molar-refractivity contribution >= 4 is 17.7 Å². The molecule has 4 heteroatoms. The van der Waals surface area contributed by atoms with Crippen LogP contribution in [0.5, 0.6) is 0 Å². The molecule has 0 aromatic carbocycles. The Morgan fingerprint density at radius 1 is 2.00 bits per heavy atom. The molecule has 1 amide bonds. The quantitative estimate of drug-likeness (QED) is 0.451. The van der Waals surface area contributed by atoms with E-state index in [9.17, 15) is 4.79 Å². The van der Waals surface area contributed by atoms with Crippen LogP contribution in [0.3, 0.4) is 0 Å². The van der Waals surface area contributed by atoms with Gasteiger partial charge in [-0.15, -0.1) is 0 Å². The summed E-state index contributed by atoms with van der Waals surface area (Å²) in [4.78, 5) is 9.84. The minimum Gasteiger partial charge on any atom is -0.426 e. The molecule has 0 aromatic rings. The minimum absolute atomic E-state index is 0.813. The third-order valence-electron chi connectivity index (χ3n) is 0.414. The van der Waals surface area contributed by atoms with E-state index in [4.69, 9.17) is 11.6 Å². The van der Waals surface area contributed by atoms with Gasteiger partial charge in [-0.3, -0.25) is 0 Å². The molecule has 0 aliphatic heterocycles. The molecule has 0 fully saturated rings. The molecule has 0 rings (SSSR count). The van der Waals surface area contributed by atoms with Crippen LogP contribution in [-0.2, 0) is 4.74 Å². The summed E-state index contributed by atoms with van der Waals surface area (Å²) in [5.41, 5.74) is 3.76. The molecule has 8 heavy (non-hydrogen) atoms. The number of halogens is 1. The first kappa shape index (κ1) is 7.30. The first-order valence-electron chi connectivity index (χ1n) is 1.89. The predicted molar refractivity (Wildman–Crippen MR) is 30.5 cm³/mol. The van der Waals surface area contributed by atoms with Gasteiger partial charge in [0, 0.05) is 0 Å². The van der Waals surface area contributed by atoms with Crippen LogP contribution in [0.15, 0.2) is 12.7 Å². The predicted octanol–water partition coefficient (Wildman–Crippen LogP) is 0.833. The monoisotopic (exact) mass is 135 g/mol. The topological polar surface area (TPSA) is 52.3 Å². The Hall–Kier alpha value is -0.700. The van der Waals surface area contributed by atoms with Crippen molar-refractivity contribution in [1.82, 2.24) is 0 Å². The fourth-order valence-electron chi connectivity index (χ4n) is 0.159. The third-order valence-corrected chi connectivity index (χ3v) is 0.681. The molecule has 2 N–H and O–H groups in total. The van der Waals surface area contributed by atoms with Gasteiger partial charge >= 0.3 is 6.09 Å². The average molecular weight is 136 g/mol. The molecule has 1 unspecified atom stereocenters. The summed E-state index contributed by atoms with van der Waals surface area (Å²) in [7, 11) is 0. The van der Waals surface area contributed by atoms with Gasteiger partial charge in [0.2, 0.25) is 0 Å². The van der Waals surface area contributed by atoms with Crippen LogP contribution in [-0.4, -0.2) is 11.7 Å². The molecule has 0 bridgehead atoms. The molecule has 46 valence electrons. The second-order valence-electron chi connectivity index (χ2n) is 1.02. The lowest BCUT2D eigenvalue weighted by molar-refractivity contribution is 0.158. The number of nitrogens with two attached hydrogens (primary N) is 1. The van der Waals surface area contributed by atoms with Gasteiger partial charge < -0.3 is 10.5 Å². The average Bonchev–Trinajstić information content (AvgIpc) is 1.65. The van der Waals surface area contributed by atoms with Crippen LogP contribution in [0.25, 0.3) is 0 Å². The highest BCUT2D eigenvalue weighted by molar-refractivity contribution is 6.21. The van der Waals surface area contributed by atoms with Gasteiger partial charge in [0.25, 0.3) is 0 Å². The lowest BCUT2D eigenvalue weighted by Gasteiger charge is -2.00. The Morgan fingerprint density at radius 3 is 2.62 bits per heavy atom. The summed E-state index contributed by atoms with van der Waals surface area (Å²) in [6, 6.07) is 0. The second-order valence-corrected chi connectivity index (χ2v) is 1.45. The number of primary amides is 1. The molecule has 0 saturated carbocycles. The van der Waals surface area contributed by atoms with Gasteiger partial charge in [0.05, 0.1) is 0 Å². The highest BCUT2D eigenvalue weighted by Gasteiger charge is 1.99. The number of hydrogen-bond donors (Lipinski definition) is 1. The van der Waals surface area contributed by atoms with Crippen LogP contribution in [0.1, 0.15) is 0 Å². The summed E-state index contributed by atoms with van der Waals surface area (Å²) in [6.45, 7) is 3.25. The molecule has 0 aliphatic carbocycles. The van der Waals surface area contributed by atoms with E-state index >= 15 is 0 Å². The number of carbonyl (C=O) groups excluding carboxylic acids is 1. The number of alkyl halides is 1. The van der Waals surface area contributed by atoms with E-state index in [-0.39, 0.29) is 0 Å². The van der Waals surface area contributed by atoms with E-state index in [0.29, 0.717) is 0 Å². The summed E-state index contributed by atoms with van der Waals surface area (Å²) < 4.78 is 4.19. The fraction of sp³-hybridized carbons (Fsp3) is 0.250. The van der Waals surface area contributed by atoms with Crippen molar-refractivity contribution in [2.75, 3.05) is 0 Å². The number of hydrogen-bond acceptors (Lipinski definition) is 2. The van der Waals surface area contributed by atoms with Gasteiger partial charge in [-0.1, -0.05) is 18.2 Å². The molecule has 0 saturated heterocycles. The Kier molecular flexibility index (Phi) is 3.03. The van der Waals surface area contributed by atoms with Crippen molar-refractivity contribution in [3.63, 3.8) is 0 Å². The number of rotatable bonds is 2. The Labute approximate surface area is 52.1 Å². The first-order valence-corrected chi connectivity index (χ1v) is 2.33. The fourth-order valence-corrected chi connectivity index (χ4v) is 0.247. The molecular weight excluding hydrogens is 130 g/mol. The lowest BCUT2D eigenvalue weighted by Crippen LogP contribution is -2.16. The molecule has 0 spiro atoms. The zero-order valence-corrected chi connectivity index (χ0v) is 4.89.